The molecule has 0 radical (unpaired) electrons. The summed E-state index contributed by atoms with van der Waals surface area (Å²) in [6.07, 6.45) is 3.01. The highest BCUT2D eigenvalue weighted by Gasteiger charge is 2.39. The monoisotopic (exact) mass is 356 g/mol. The second-order valence-corrected chi connectivity index (χ2v) is 7.45. The Hall–Kier alpha value is -2.25. The van der Waals surface area contributed by atoms with Crippen molar-refractivity contribution in [2.45, 2.75) is 50.9 Å². The predicted molar refractivity (Wildman–Crippen MR) is 94.9 cm³/mol. The molecule has 1 saturated carbocycles. The minimum atomic E-state index is -0.561. The Kier molecular flexibility index (Phi) is 4.50. The molecular weight excluding hydrogens is 332 g/mol. The molecule has 3 atom stereocenters. The van der Waals surface area contributed by atoms with Gasteiger partial charge in [0.1, 0.15) is 6.04 Å². The normalized spacial score (nSPS) is 28.0. The number of imide groups is 1. The first-order chi connectivity index (χ1) is 12.6. The molecule has 0 bridgehead atoms. The number of piperidine rings is 1. The van der Waals surface area contributed by atoms with E-state index in [2.05, 4.69) is 10.6 Å². The van der Waals surface area contributed by atoms with Gasteiger partial charge in [0, 0.05) is 31.1 Å². The second kappa shape index (κ2) is 6.81. The lowest BCUT2D eigenvalue weighted by Gasteiger charge is -2.36. The van der Waals surface area contributed by atoms with Gasteiger partial charge >= 0.3 is 0 Å². The van der Waals surface area contributed by atoms with Crippen LogP contribution in [0.5, 0.6) is 0 Å². The second-order valence-electron chi connectivity index (χ2n) is 7.45. The molecule has 26 heavy (non-hydrogen) atoms. The number of hydrogen-bond acceptors (Lipinski definition) is 5. The smallest absolute Gasteiger partial charge is 0.255 e. The highest BCUT2D eigenvalue weighted by molar-refractivity contribution is 6.05. The fourth-order valence-corrected chi connectivity index (χ4v) is 4.11. The average molecular weight is 356 g/mol. The van der Waals surface area contributed by atoms with Crippen molar-refractivity contribution in [1.29, 1.82) is 0 Å². The van der Waals surface area contributed by atoms with Crippen LogP contribution in [0.4, 0.5) is 0 Å². The SMILES string of the molecule is NC[C@@H]1CC[C@@H]1NCc1ccc2c(c1)CN(C1CCC(=O)NC1=O)C2=O. The van der Waals surface area contributed by atoms with Crippen molar-refractivity contribution < 1.29 is 14.4 Å². The molecule has 0 aromatic heterocycles. The standard InChI is InChI=1S/C19H24N4O3/c20-8-12-2-4-15(12)21-9-11-1-3-14-13(7-11)10-23(19(14)26)16-5-6-17(24)22-18(16)25/h1,3,7,12,15-16,21H,2,4-6,8-10,20H2,(H,22,24,25)/t12-,15-,16?/m0/s1. The summed E-state index contributed by atoms with van der Waals surface area (Å²) < 4.78 is 0. The molecule has 3 aliphatic rings. The summed E-state index contributed by atoms with van der Waals surface area (Å²) >= 11 is 0. The fraction of sp³-hybridized carbons (Fsp3) is 0.526. The first-order valence-corrected chi connectivity index (χ1v) is 9.26. The summed E-state index contributed by atoms with van der Waals surface area (Å²) in [6.45, 7) is 1.89. The number of nitrogens with one attached hydrogen (secondary N) is 2. The molecule has 1 aromatic carbocycles. The number of fused-ring (bicyclic) bond motifs is 1. The number of nitrogens with two attached hydrogens (primary N) is 1. The van der Waals surface area contributed by atoms with Gasteiger partial charge in [0.2, 0.25) is 11.8 Å². The summed E-state index contributed by atoms with van der Waals surface area (Å²) in [5.41, 5.74) is 8.48. The molecule has 0 spiro atoms. The molecule has 7 nitrogen and oxygen atoms in total. The summed E-state index contributed by atoms with van der Waals surface area (Å²) in [7, 11) is 0. The Labute approximate surface area is 152 Å². The van der Waals surface area contributed by atoms with Gasteiger partial charge in [-0.05, 0) is 48.9 Å². The minimum absolute atomic E-state index is 0.129. The lowest BCUT2D eigenvalue weighted by atomic mass is 9.79. The van der Waals surface area contributed by atoms with E-state index in [1.165, 1.54) is 6.42 Å². The predicted octanol–water partition coefficient (Wildman–Crippen LogP) is 0.275. The molecule has 138 valence electrons. The first-order valence-electron chi connectivity index (χ1n) is 9.26. The van der Waals surface area contributed by atoms with Crippen LogP contribution in [0.15, 0.2) is 18.2 Å². The average Bonchev–Trinajstić information content (AvgIpc) is 2.91. The zero-order valence-corrected chi connectivity index (χ0v) is 14.7. The van der Waals surface area contributed by atoms with Crippen LogP contribution in [0, 0.1) is 5.92 Å². The minimum Gasteiger partial charge on any atom is -0.330 e. The van der Waals surface area contributed by atoms with Crippen molar-refractivity contribution in [2.24, 2.45) is 11.7 Å². The van der Waals surface area contributed by atoms with E-state index in [-0.39, 0.29) is 24.1 Å². The maximum Gasteiger partial charge on any atom is 0.255 e. The molecule has 4 rings (SSSR count). The van der Waals surface area contributed by atoms with Gasteiger partial charge in [-0.2, -0.15) is 0 Å². The molecule has 1 aliphatic carbocycles. The number of carbonyl (C=O) groups is 3. The Morgan fingerprint density at radius 3 is 2.73 bits per heavy atom. The third-order valence-electron chi connectivity index (χ3n) is 5.88. The van der Waals surface area contributed by atoms with Crippen molar-refractivity contribution in [2.75, 3.05) is 6.54 Å². The van der Waals surface area contributed by atoms with Crippen LogP contribution >= 0.6 is 0 Å². The maximum absolute atomic E-state index is 12.7. The molecular formula is C19H24N4O3. The van der Waals surface area contributed by atoms with Crippen LogP contribution in [0.1, 0.15) is 47.2 Å². The lowest BCUT2D eigenvalue weighted by Crippen LogP contribution is -2.52. The van der Waals surface area contributed by atoms with Gasteiger partial charge in [-0.3, -0.25) is 19.7 Å². The molecule has 2 heterocycles. The molecule has 1 aromatic rings. The molecule has 4 N–H and O–H groups in total. The van der Waals surface area contributed by atoms with Crippen LogP contribution in [-0.2, 0) is 22.7 Å². The van der Waals surface area contributed by atoms with Crippen LogP contribution < -0.4 is 16.4 Å². The molecule has 1 unspecified atom stereocenters. The zero-order valence-electron chi connectivity index (χ0n) is 14.7. The van der Waals surface area contributed by atoms with E-state index in [1.54, 1.807) is 4.90 Å². The van der Waals surface area contributed by atoms with Gasteiger partial charge < -0.3 is 16.0 Å². The zero-order chi connectivity index (χ0) is 18.3. The third kappa shape index (κ3) is 3.01. The van der Waals surface area contributed by atoms with E-state index in [0.29, 0.717) is 30.5 Å². The molecule has 2 fully saturated rings. The van der Waals surface area contributed by atoms with E-state index < -0.39 is 6.04 Å². The molecule has 3 amide bonds. The van der Waals surface area contributed by atoms with Gasteiger partial charge in [0.15, 0.2) is 0 Å². The van der Waals surface area contributed by atoms with Crippen molar-refractivity contribution >= 4 is 17.7 Å². The topological polar surface area (TPSA) is 105 Å². The largest absolute Gasteiger partial charge is 0.330 e. The number of rotatable bonds is 5. The number of hydrogen-bond donors (Lipinski definition) is 3. The van der Waals surface area contributed by atoms with Crippen molar-refractivity contribution in [3.8, 4) is 0 Å². The van der Waals surface area contributed by atoms with E-state index in [1.807, 2.05) is 18.2 Å². The number of benzene rings is 1. The van der Waals surface area contributed by atoms with Crippen LogP contribution in [0.25, 0.3) is 0 Å². The Morgan fingerprint density at radius 2 is 2.04 bits per heavy atom. The van der Waals surface area contributed by atoms with Gasteiger partial charge in [0.25, 0.3) is 5.91 Å². The van der Waals surface area contributed by atoms with E-state index in [4.69, 9.17) is 5.73 Å². The summed E-state index contributed by atoms with van der Waals surface area (Å²) in [4.78, 5) is 37.7. The Morgan fingerprint density at radius 1 is 1.19 bits per heavy atom. The summed E-state index contributed by atoms with van der Waals surface area (Å²) in [6, 6.07) is 5.78. The fourth-order valence-electron chi connectivity index (χ4n) is 4.11. The quantitative estimate of drug-likeness (QED) is 0.657. The number of amides is 3. The number of nitrogens with zero attached hydrogens (tertiary/aromatic N) is 1. The Balaban J connectivity index is 1.43. The van der Waals surface area contributed by atoms with E-state index >= 15 is 0 Å². The van der Waals surface area contributed by atoms with Crippen molar-refractivity contribution in [1.82, 2.24) is 15.5 Å². The highest BCUT2D eigenvalue weighted by atomic mass is 16.2. The lowest BCUT2D eigenvalue weighted by molar-refractivity contribution is -0.136. The molecule has 7 heteroatoms. The summed E-state index contributed by atoms with van der Waals surface area (Å²) in [5.74, 6) is -0.206. The first kappa shape index (κ1) is 17.2. The van der Waals surface area contributed by atoms with Crippen LogP contribution in [0.3, 0.4) is 0 Å². The van der Waals surface area contributed by atoms with Crippen molar-refractivity contribution in [3.05, 3.63) is 34.9 Å². The number of carbonyl (C=O) groups excluding carboxylic acids is 3. The van der Waals surface area contributed by atoms with Crippen molar-refractivity contribution in [3.63, 3.8) is 0 Å². The van der Waals surface area contributed by atoms with Crippen LogP contribution in [-0.4, -0.2) is 41.2 Å². The highest BCUT2D eigenvalue weighted by Crippen LogP contribution is 2.29. The van der Waals surface area contributed by atoms with Gasteiger partial charge in [-0.1, -0.05) is 12.1 Å². The van der Waals surface area contributed by atoms with Crippen LogP contribution in [0.2, 0.25) is 0 Å². The molecule has 2 aliphatic heterocycles. The van der Waals surface area contributed by atoms with E-state index in [0.717, 1.165) is 30.6 Å². The summed E-state index contributed by atoms with van der Waals surface area (Å²) in [5, 5.41) is 5.87. The van der Waals surface area contributed by atoms with Gasteiger partial charge in [-0.25, -0.2) is 0 Å². The maximum atomic E-state index is 12.7. The third-order valence-corrected chi connectivity index (χ3v) is 5.88. The Bertz CT molecular complexity index is 761. The molecule has 1 saturated heterocycles. The van der Waals surface area contributed by atoms with Gasteiger partial charge in [-0.15, -0.1) is 0 Å². The van der Waals surface area contributed by atoms with Gasteiger partial charge in [0.05, 0.1) is 0 Å². The van der Waals surface area contributed by atoms with E-state index in [9.17, 15) is 14.4 Å².